The Kier molecular flexibility index (Phi) is 6.05. The lowest BCUT2D eigenvalue weighted by Crippen LogP contribution is -2.43. The Hall–Kier alpha value is -2.90. The summed E-state index contributed by atoms with van der Waals surface area (Å²) in [6, 6.07) is 6.56. The van der Waals surface area contributed by atoms with Crippen molar-refractivity contribution in [1.82, 2.24) is 19.7 Å². The summed E-state index contributed by atoms with van der Waals surface area (Å²) in [5.74, 6) is 0.954. The largest absolute Gasteiger partial charge is 0.465 e. The highest BCUT2D eigenvalue weighted by atomic mass is 16.5. The molecule has 1 unspecified atom stereocenters. The summed E-state index contributed by atoms with van der Waals surface area (Å²) in [5, 5.41) is 11.1. The maximum absolute atomic E-state index is 12.6. The second kappa shape index (κ2) is 8.66. The lowest BCUT2D eigenvalue weighted by Gasteiger charge is -2.32. The fourth-order valence-corrected chi connectivity index (χ4v) is 3.39. The molecule has 8 nitrogen and oxygen atoms in total. The summed E-state index contributed by atoms with van der Waals surface area (Å²) in [5.41, 5.74) is 1.11. The number of nitrogens with zero attached hydrogens (tertiary/aromatic N) is 4. The Bertz CT molecular complexity index is 787. The molecule has 1 fully saturated rings. The number of amides is 2. The van der Waals surface area contributed by atoms with Crippen molar-refractivity contribution in [2.75, 3.05) is 25.5 Å². The summed E-state index contributed by atoms with van der Waals surface area (Å²) < 4.78 is 6.72. The van der Waals surface area contributed by atoms with Crippen LogP contribution in [0.5, 0.6) is 0 Å². The molecule has 2 aromatic rings. The molecule has 1 saturated heterocycles. The molecule has 8 heteroatoms. The van der Waals surface area contributed by atoms with E-state index in [2.05, 4.69) is 27.2 Å². The second-order valence-electron chi connectivity index (χ2n) is 6.69. The van der Waals surface area contributed by atoms with Crippen LogP contribution in [-0.2, 0) is 17.7 Å². The van der Waals surface area contributed by atoms with Gasteiger partial charge in [-0.15, -0.1) is 10.2 Å². The highest BCUT2D eigenvalue weighted by Gasteiger charge is 2.25. The van der Waals surface area contributed by atoms with Crippen LogP contribution in [0.15, 0.2) is 30.6 Å². The van der Waals surface area contributed by atoms with Crippen molar-refractivity contribution in [1.29, 1.82) is 0 Å². The average Bonchev–Trinajstić information content (AvgIpc) is 3.15. The highest BCUT2D eigenvalue weighted by Crippen LogP contribution is 2.21. The number of methoxy groups -OCH3 is 1. The Morgan fingerprint density at radius 1 is 1.30 bits per heavy atom. The SMILES string of the molecule is CCn1cnnc1CC1CCCN(C(=O)Nc2ccc(C(=O)OC)cc2)C1. The lowest BCUT2D eigenvalue weighted by atomic mass is 9.94. The molecule has 0 bridgehead atoms. The van der Waals surface area contributed by atoms with Crippen LogP contribution in [0.4, 0.5) is 10.5 Å². The number of hydrogen-bond donors (Lipinski definition) is 1. The van der Waals surface area contributed by atoms with E-state index in [0.29, 0.717) is 23.7 Å². The molecule has 3 rings (SSSR count). The van der Waals surface area contributed by atoms with Crippen molar-refractivity contribution in [2.24, 2.45) is 5.92 Å². The maximum atomic E-state index is 12.6. The van der Waals surface area contributed by atoms with Gasteiger partial charge in [0, 0.05) is 31.7 Å². The van der Waals surface area contributed by atoms with E-state index in [0.717, 1.165) is 38.2 Å². The van der Waals surface area contributed by atoms with E-state index in [-0.39, 0.29) is 6.03 Å². The van der Waals surface area contributed by atoms with E-state index in [1.165, 1.54) is 7.11 Å². The number of esters is 1. The van der Waals surface area contributed by atoms with Gasteiger partial charge in [-0.05, 0) is 49.9 Å². The predicted molar refractivity (Wildman–Crippen MR) is 100 cm³/mol. The van der Waals surface area contributed by atoms with Gasteiger partial charge < -0.3 is 19.5 Å². The summed E-state index contributed by atoms with van der Waals surface area (Å²) in [7, 11) is 1.34. The van der Waals surface area contributed by atoms with E-state index in [1.54, 1.807) is 30.6 Å². The van der Waals surface area contributed by atoms with Gasteiger partial charge in [-0.25, -0.2) is 9.59 Å². The number of anilines is 1. The van der Waals surface area contributed by atoms with Crippen molar-refractivity contribution in [3.05, 3.63) is 42.0 Å². The molecule has 0 saturated carbocycles. The number of benzene rings is 1. The number of urea groups is 1. The van der Waals surface area contributed by atoms with Gasteiger partial charge in [0.15, 0.2) is 0 Å². The van der Waals surface area contributed by atoms with Gasteiger partial charge in [0.2, 0.25) is 0 Å². The van der Waals surface area contributed by atoms with Gasteiger partial charge in [0.25, 0.3) is 0 Å². The monoisotopic (exact) mass is 371 g/mol. The molecule has 0 spiro atoms. The van der Waals surface area contributed by atoms with Gasteiger partial charge in [0.05, 0.1) is 12.7 Å². The molecule has 0 radical (unpaired) electrons. The zero-order valence-electron chi connectivity index (χ0n) is 15.7. The molecule has 1 atom stereocenters. The minimum absolute atomic E-state index is 0.123. The molecule has 1 N–H and O–H groups in total. The number of nitrogens with one attached hydrogen (secondary N) is 1. The third-order valence-corrected chi connectivity index (χ3v) is 4.87. The average molecular weight is 371 g/mol. The van der Waals surface area contributed by atoms with Crippen LogP contribution in [0.25, 0.3) is 0 Å². The summed E-state index contributed by atoms with van der Waals surface area (Å²) in [6.07, 6.45) is 4.62. The van der Waals surface area contributed by atoms with Crippen molar-refractivity contribution < 1.29 is 14.3 Å². The molecule has 1 aliphatic heterocycles. The number of carbonyl (C=O) groups is 2. The Labute approximate surface area is 158 Å². The number of piperidine rings is 1. The fourth-order valence-electron chi connectivity index (χ4n) is 3.39. The van der Waals surface area contributed by atoms with Gasteiger partial charge in [-0.3, -0.25) is 0 Å². The van der Waals surface area contributed by atoms with E-state index >= 15 is 0 Å². The molecule has 2 amide bonds. The molecule has 144 valence electrons. The Morgan fingerprint density at radius 2 is 2.07 bits per heavy atom. The third-order valence-electron chi connectivity index (χ3n) is 4.87. The molecule has 2 heterocycles. The fraction of sp³-hybridized carbons (Fsp3) is 0.474. The summed E-state index contributed by atoms with van der Waals surface area (Å²) in [6.45, 7) is 4.35. The van der Waals surface area contributed by atoms with Crippen LogP contribution in [0.2, 0.25) is 0 Å². The van der Waals surface area contributed by atoms with Crippen LogP contribution in [0, 0.1) is 5.92 Å². The van der Waals surface area contributed by atoms with Crippen molar-refractivity contribution in [2.45, 2.75) is 32.7 Å². The van der Waals surface area contributed by atoms with Crippen LogP contribution in [-0.4, -0.2) is 51.9 Å². The van der Waals surface area contributed by atoms with E-state index in [1.807, 2.05) is 9.47 Å². The minimum Gasteiger partial charge on any atom is -0.465 e. The second-order valence-corrected chi connectivity index (χ2v) is 6.69. The minimum atomic E-state index is -0.397. The topological polar surface area (TPSA) is 89.4 Å². The number of aromatic nitrogens is 3. The summed E-state index contributed by atoms with van der Waals surface area (Å²) in [4.78, 5) is 25.9. The molecular weight excluding hydrogens is 346 g/mol. The molecule has 0 aliphatic carbocycles. The molecule has 1 aliphatic rings. The number of aryl methyl sites for hydroxylation is 1. The first-order valence-electron chi connectivity index (χ1n) is 9.21. The van der Waals surface area contributed by atoms with E-state index in [9.17, 15) is 9.59 Å². The van der Waals surface area contributed by atoms with Gasteiger partial charge in [-0.1, -0.05) is 0 Å². The van der Waals surface area contributed by atoms with Crippen molar-refractivity contribution >= 4 is 17.7 Å². The molecule has 1 aromatic heterocycles. The zero-order chi connectivity index (χ0) is 19.2. The van der Waals surface area contributed by atoms with Crippen LogP contribution < -0.4 is 5.32 Å². The molecule has 27 heavy (non-hydrogen) atoms. The van der Waals surface area contributed by atoms with Crippen molar-refractivity contribution in [3.63, 3.8) is 0 Å². The number of ether oxygens (including phenoxy) is 1. The Balaban J connectivity index is 1.57. The normalized spacial score (nSPS) is 16.8. The van der Waals surface area contributed by atoms with Gasteiger partial charge in [0.1, 0.15) is 12.2 Å². The van der Waals surface area contributed by atoms with Crippen molar-refractivity contribution in [3.8, 4) is 0 Å². The van der Waals surface area contributed by atoms with Crippen LogP contribution >= 0.6 is 0 Å². The first-order chi connectivity index (χ1) is 13.1. The lowest BCUT2D eigenvalue weighted by molar-refractivity contribution is 0.0600. The standard InChI is InChI=1S/C19H25N5O3/c1-3-23-13-20-22-17(23)11-14-5-4-10-24(12-14)19(26)21-16-8-6-15(7-9-16)18(25)27-2/h6-9,13-14H,3-5,10-12H2,1-2H3,(H,21,26). The molecule has 1 aromatic carbocycles. The van der Waals surface area contributed by atoms with Crippen LogP contribution in [0.3, 0.4) is 0 Å². The number of carbonyl (C=O) groups excluding carboxylic acids is 2. The third kappa shape index (κ3) is 4.64. The Morgan fingerprint density at radius 3 is 2.78 bits per heavy atom. The quantitative estimate of drug-likeness (QED) is 0.816. The number of hydrogen-bond acceptors (Lipinski definition) is 5. The predicted octanol–water partition coefficient (Wildman–Crippen LogP) is 2.57. The first kappa shape index (κ1) is 18.9. The summed E-state index contributed by atoms with van der Waals surface area (Å²) >= 11 is 0. The zero-order valence-corrected chi connectivity index (χ0v) is 15.7. The van der Waals surface area contributed by atoms with Gasteiger partial charge >= 0.3 is 12.0 Å². The first-order valence-corrected chi connectivity index (χ1v) is 9.21. The molecular formula is C19H25N5O3. The highest BCUT2D eigenvalue weighted by molar-refractivity contribution is 5.92. The van der Waals surface area contributed by atoms with Gasteiger partial charge in [-0.2, -0.15) is 0 Å². The number of likely N-dealkylation sites (tertiary alicyclic amines) is 1. The van der Waals surface area contributed by atoms with Crippen LogP contribution in [0.1, 0.15) is 35.9 Å². The number of rotatable bonds is 5. The smallest absolute Gasteiger partial charge is 0.337 e. The van der Waals surface area contributed by atoms with E-state index < -0.39 is 5.97 Å². The maximum Gasteiger partial charge on any atom is 0.337 e. The van der Waals surface area contributed by atoms with E-state index in [4.69, 9.17) is 0 Å².